The molecule has 4 heteroatoms. The van der Waals surface area contributed by atoms with Gasteiger partial charge in [0.25, 0.3) is 0 Å². The van der Waals surface area contributed by atoms with Crippen LogP contribution in [0.4, 0.5) is 4.39 Å². The summed E-state index contributed by atoms with van der Waals surface area (Å²) in [7, 11) is 0. The van der Waals surface area contributed by atoms with Gasteiger partial charge in [0, 0.05) is 16.9 Å². The lowest BCUT2D eigenvalue weighted by Gasteiger charge is -2.32. The molecule has 18 heavy (non-hydrogen) atoms. The fraction of sp³-hybridized carbons (Fsp3) is 0.500. The second kappa shape index (κ2) is 5.31. The van der Waals surface area contributed by atoms with Crippen LogP contribution in [-0.2, 0) is 0 Å². The molecule has 0 aliphatic carbocycles. The Morgan fingerprint density at radius 1 is 1.39 bits per heavy atom. The van der Waals surface area contributed by atoms with Gasteiger partial charge in [-0.3, -0.25) is 4.99 Å². The number of thioether (sulfide) groups is 1. The van der Waals surface area contributed by atoms with Crippen LogP contribution in [0.1, 0.15) is 38.8 Å². The Bertz CT molecular complexity index is 457. The van der Waals surface area contributed by atoms with Crippen LogP contribution >= 0.6 is 11.8 Å². The molecular weight excluding hydrogens is 247 g/mol. The minimum atomic E-state index is -0.186. The van der Waals surface area contributed by atoms with Gasteiger partial charge in [-0.2, -0.15) is 0 Å². The first-order chi connectivity index (χ1) is 8.48. The lowest BCUT2D eigenvalue weighted by Crippen LogP contribution is -2.46. The summed E-state index contributed by atoms with van der Waals surface area (Å²) in [6.45, 7) is 6.25. The first kappa shape index (κ1) is 13.4. The summed E-state index contributed by atoms with van der Waals surface area (Å²) in [5.41, 5.74) is 0.731. The molecule has 1 atom stereocenters. The van der Waals surface area contributed by atoms with Crippen molar-refractivity contribution in [1.82, 2.24) is 5.32 Å². The van der Waals surface area contributed by atoms with Crippen molar-refractivity contribution in [2.45, 2.75) is 38.8 Å². The number of hydrogen-bond acceptors (Lipinski definition) is 2. The van der Waals surface area contributed by atoms with Crippen molar-refractivity contribution < 1.29 is 4.39 Å². The summed E-state index contributed by atoms with van der Waals surface area (Å²) in [6.07, 6.45) is 1.12. The van der Waals surface area contributed by atoms with E-state index in [1.54, 1.807) is 23.9 Å². The number of halogens is 1. The minimum Gasteiger partial charge on any atom is -0.360 e. The highest BCUT2D eigenvalue weighted by Crippen LogP contribution is 2.25. The second-order valence-electron chi connectivity index (χ2n) is 5.24. The van der Waals surface area contributed by atoms with Crippen molar-refractivity contribution in [2.24, 2.45) is 4.99 Å². The van der Waals surface area contributed by atoms with Crippen LogP contribution in [0.15, 0.2) is 29.3 Å². The summed E-state index contributed by atoms with van der Waals surface area (Å²) in [4.78, 5) is 4.59. The summed E-state index contributed by atoms with van der Waals surface area (Å²) in [5.74, 6) is 0.873. The Balaban J connectivity index is 2.15. The van der Waals surface area contributed by atoms with Crippen molar-refractivity contribution in [2.75, 3.05) is 5.75 Å². The van der Waals surface area contributed by atoms with Gasteiger partial charge >= 0.3 is 0 Å². The van der Waals surface area contributed by atoms with Crippen molar-refractivity contribution >= 4 is 16.9 Å². The van der Waals surface area contributed by atoms with Crippen LogP contribution in [0.25, 0.3) is 0 Å². The molecule has 0 amide bonds. The van der Waals surface area contributed by atoms with E-state index in [1.165, 1.54) is 6.07 Å². The van der Waals surface area contributed by atoms with Gasteiger partial charge < -0.3 is 5.32 Å². The Morgan fingerprint density at radius 2 is 2.11 bits per heavy atom. The third kappa shape index (κ3) is 3.25. The normalized spacial score (nSPS) is 22.6. The third-order valence-corrected chi connectivity index (χ3v) is 3.97. The van der Waals surface area contributed by atoms with E-state index in [0.29, 0.717) is 5.56 Å². The van der Waals surface area contributed by atoms with E-state index in [1.807, 2.05) is 13.0 Å². The zero-order valence-corrected chi connectivity index (χ0v) is 11.9. The largest absolute Gasteiger partial charge is 0.360 e. The molecule has 0 spiro atoms. The number of nitrogens with zero attached hydrogens (tertiary/aromatic N) is 1. The maximum Gasteiger partial charge on any atom is 0.157 e. The first-order valence-electron chi connectivity index (χ1n) is 6.21. The Morgan fingerprint density at radius 3 is 2.78 bits per heavy atom. The van der Waals surface area contributed by atoms with Crippen LogP contribution < -0.4 is 5.32 Å². The quantitative estimate of drug-likeness (QED) is 0.881. The number of nitrogens with one attached hydrogen (secondary N) is 1. The zero-order chi connectivity index (χ0) is 13.2. The molecule has 1 N–H and O–H groups in total. The van der Waals surface area contributed by atoms with E-state index in [4.69, 9.17) is 0 Å². The van der Waals surface area contributed by atoms with E-state index >= 15 is 0 Å². The molecule has 0 bridgehead atoms. The standard InChI is InChI=1S/C14H19FN2S/c1-10(11-6-4-5-7-12(11)15)16-13-17-14(2,3)8-9-18-13/h4-7,10H,8-9H2,1-3H3,(H,16,17). The molecule has 1 unspecified atom stereocenters. The number of amidine groups is 1. The summed E-state index contributed by atoms with van der Waals surface area (Å²) < 4.78 is 13.6. The Labute approximate surface area is 112 Å². The molecule has 1 heterocycles. The molecule has 1 aromatic carbocycles. The minimum absolute atomic E-state index is 0.0824. The molecule has 2 nitrogen and oxygen atoms in total. The molecule has 1 aromatic rings. The Hall–Kier alpha value is -1.03. The predicted molar refractivity (Wildman–Crippen MR) is 76.5 cm³/mol. The van der Waals surface area contributed by atoms with Crippen LogP contribution in [0.3, 0.4) is 0 Å². The van der Waals surface area contributed by atoms with Gasteiger partial charge in [-0.25, -0.2) is 4.39 Å². The van der Waals surface area contributed by atoms with E-state index < -0.39 is 0 Å². The van der Waals surface area contributed by atoms with E-state index in [0.717, 1.165) is 17.3 Å². The molecular formula is C14H19FN2S. The maximum atomic E-state index is 13.6. The highest BCUT2D eigenvalue weighted by molar-refractivity contribution is 8.13. The summed E-state index contributed by atoms with van der Waals surface area (Å²) in [5, 5.41) is 4.32. The fourth-order valence-electron chi connectivity index (χ4n) is 1.92. The molecule has 1 aliphatic rings. The van der Waals surface area contributed by atoms with Crippen LogP contribution in [0, 0.1) is 5.82 Å². The highest BCUT2D eigenvalue weighted by atomic mass is 32.2. The van der Waals surface area contributed by atoms with Crippen LogP contribution in [0.5, 0.6) is 0 Å². The molecule has 0 aromatic heterocycles. The summed E-state index contributed by atoms with van der Waals surface area (Å²) in [6, 6.07) is 6.67. The number of aliphatic imine (C=N–C) groups is 1. The van der Waals surface area contributed by atoms with Gasteiger partial charge in [-0.1, -0.05) is 30.0 Å². The molecule has 98 valence electrons. The SMILES string of the molecule is CC(N=C1NC(C)(C)CCS1)c1ccccc1F. The average Bonchev–Trinajstić information content (AvgIpc) is 2.28. The fourth-order valence-corrected chi connectivity index (χ4v) is 3.31. The van der Waals surface area contributed by atoms with Crippen molar-refractivity contribution in [3.05, 3.63) is 35.6 Å². The predicted octanol–water partition coefficient (Wildman–Crippen LogP) is 3.75. The molecule has 0 saturated carbocycles. The lowest BCUT2D eigenvalue weighted by atomic mass is 10.0. The van der Waals surface area contributed by atoms with Crippen molar-refractivity contribution in [3.8, 4) is 0 Å². The summed E-state index contributed by atoms with van der Waals surface area (Å²) >= 11 is 1.71. The molecule has 0 radical (unpaired) electrons. The lowest BCUT2D eigenvalue weighted by molar-refractivity contribution is 0.445. The van der Waals surface area contributed by atoms with Gasteiger partial charge in [-0.15, -0.1) is 0 Å². The van der Waals surface area contributed by atoms with Gasteiger partial charge in [0.2, 0.25) is 0 Å². The molecule has 1 fully saturated rings. The van der Waals surface area contributed by atoms with E-state index in [-0.39, 0.29) is 17.4 Å². The second-order valence-corrected chi connectivity index (χ2v) is 6.32. The van der Waals surface area contributed by atoms with Crippen molar-refractivity contribution in [3.63, 3.8) is 0 Å². The first-order valence-corrected chi connectivity index (χ1v) is 7.20. The molecule has 1 saturated heterocycles. The molecule has 1 aliphatic heterocycles. The van der Waals surface area contributed by atoms with Crippen LogP contribution in [-0.4, -0.2) is 16.5 Å². The highest BCUT2D eigenvalue weighted by Gasteiger charge is 2.24. The van der Waals surface area contributed by atoms with Crippen LogP contribution in [0.2, 0.25) is 0 Å². The Kier molecular flexibility index (Phi) is 3.95. The van der Waals surface area contributed by atoms with Crippen molar-refractivity contribution in [1.29, 1.82) is 0 Å². The topological polar surface area (TPSA) is 24.4 Å². The number of hydrogen-bond donors (Lipinski definition) is 1. The number of benzene rings is 1. The van der Waals surface area contributed by atoms with Gasteiger partial charge in [0.15, 0.2) is 5.17 Å². The monoisotopic (exact) mass is 266 g/mol. The zero-order valence-electron chi connectivity index (χ0n) is 11.0. The van der Waals surface area contributed by atoms with Gasteiger partial charge in [0.1, 0.15) is 5.82 Å². The number of rotatable bonds is 2. The van der Waals surface area contributed by atoms with Gasteiger partial charge in [0.05, 0.1) is 6.04 Å². The smallest absolute Gasteiger partial charge is 0.157 e. The molecule has 2 rings (SSSR count). The third-order valence-electron chi connectivity index (χ3n) is 3.08. The van der Waals surface area contributed by atoms with E-state index in [9.17, 15) is 4.39 Å². The van der Waals surface area contributed by atoms with Gasteiger partial charge in [-0.05, 0) is 33.3 Å². The van der Waals surface area contributed by atoms with E-state index in [2.05, 4.69) is 24.2 Å². The average molecular weight is 266 g/mol. The maximum absolute atomic E-state index is 13.6.